The normalized spacial score (nSPS) is 55.8. The van der Waals surface area contributed by atoms with E-state index in [-0.39, 0.29) is 58.1 Å². The van der Waals surface area contributed by atoms with E-state index in [1.165, 1.54) is 6.92 Å². The van der Waals surface area contributed by atoms with Crippen LogP contribution in [0.2, 0.25) is 0 Å². The Hall–Kier alpha value is -1.54. The Bertz CT molecular complexity index is 1430. The van der Waals surface area contributed by atoms with E-state index in [1.807, 2.05) is 13.8 Å². The number of rotatable bonds is 4. The highest BCUT2D eigenvalue weighted by Gasteiger charge is 2.88. The molecule has 50 heavy (non-hydrogen) atoms. The van der Waals surface area contributed by atoms with Gasteiger partial charge in [-0.15, -0.1) is 0 Å². The van der Waals surface area contributed by atoms with Crippen LogP contribution in [0, 0.1) is 50.7 Å². The second-order valence-electron chi connectivity index (χ2n) is 19.2. The van der Waals surface area contributed by atoms with Crippen molar-refractivity contribution >= 4 is 12.1 Å². The molecule has 3 aliphatic heterocycles. The SMILES string of the molecule is CC(=O)OC(C)(C)C1OC23OC1CC(C)C2C1(C)CCC24CC25CCC(OC(=O)OC2OCC(O)C(O)C2O)C(C)(C)C5CCC4C1(C)C3O. The molecule has 0 radical (unpaired) electrons. The molecule has 3 spiro atoms. The number of carbonyl (C=O) groups excluding carboxylic acids is 2. The van der Waals surface area contributed by atoms with Gasteiger partial charge in [0.15, 0.2) is 5.79 Å². The Labute approximate surface area is 294 Å². The summed E-state index contributed by atoms with van der Waals surface area (Å²) >= 11 is 0. The predicted octanol–water partition coefficient (Wildman–Crippen LogP) is 3.83. The molecule has 0 aromatic heterocycles. The van der Waals surface area contributed by atoms with Gasteiger partial charge in [0.2, 0.25) is 6.29 Å². The van der Waals surface area contributed by atoms with Crippen LogP contribution >= 0.6 is 0 Å². The molecular formula is C38H58O12. The van der Waals surface area contributed by atoms with Crippen molar-refractivity contribution < 1.29 is 58.4 Å². The predicted molar refractivity (Wildman–Crippen MR) is 175 cm³/mol. The van der Waals surface area contributed by atoms with Crippen LogP contribution in [0.15, 0.2) is 0 Å². The van der Waals surface area contributed by atoms with E-state index in [2.05, 4.69) is 34.6 Å². The molecule has 5 saturated carbocycles. The minimum atomic E-state index is -1.58. The van der Waals surface area contributed by atoms with Crippen LogP contribution in [-0.4, -0.2) is 99.6 Å². The highest BCUT2D eigenvalue weighted by atomic mass is 16.8. The third-order valence-corrected chi connectivity index (χ3v) is 16.4. The maximum Gasteiger partial charge on any atom is 0.510 e. The number of aliphatic hydroxyl groups excluding tert-OH is 4. The third-order valence-electron chi connectivity index (χ3n) is 16.4. The van der Waals surface area contributed by atoms with Crippen molar-refractivity contribution in [3.05, 3.63) is 0 Å². The lowest BCUT2D eigenvalue weighted by molar-refractivity contribution is -0.283. The lowest BCUT2D eigenvalue weighted by Crippen LogP contribution is -2.60. The van der Waals surface area contributed by atoms with Gasteiger partial charge < -0.3 is 48.8 Å². The van der Waals surface area contributed by atoms with Gasteiger partial charge in [-0.2, -0.15) is 0 Å². The summed E-state index contributed by atoms with van der Waals surface area (Å²) in [5, 5.41) is 42.8. The van der Waals surface area contributed by atoms with E-state index < -0.39 is 65.9 Å². The minimum Gasteiger partial charge on any atom is -0.457 e. The van der Waals surface area contributed by atoms with Crippen LogP contribution in [0.5, 0.6) is 0 Å². The van der Waals surface area contributed by atoms with Crippen molar-refractivity contribution in [1.82, 2.24) is 0 Å². The Kier molecular flexibility index (Phi) is 7.65. The Morgan fingerprint density at radius 3 is 2.24 bits per heavy atom. The molecule has 12 heteroatoms. The first-order valence-corrected chi connectivity index (χ1v) is 19.0. The van der Waals surface area contributed by atoms with Gasteiger partial charge in [0.1, 0.15) is 42.2 Å². The molecule has 282 valence electrons. The van der Waals surface area contributed by atoms with Crippen molar-refractivity contribution in [2.24, 2.45) is 50.7 Å². The summed E-state index contributed by atoms with van der Waals surface area (Å²) in [6, 6.07) is 0. The second kappa shape index (κ2) is 10.8. The zero-order chi connectivity index (χ0) is 36.2. The maximum atomic E-state index is 13.0. The molecule has 17 unspecified atom stereocenters. The van der Waals surface area contributed by atoms with Gasteiger partial charge in [-0.05, 0) is 99.2 Å². The molecule has 3 saturated heterocycles. The number of aliphatic hydroxyl groups is 4. The standard InChI is InChI=1S/C38H58O12/c1-18-15-21-28(33(5,6)48-19(2)39)50-38(49-21)27(18)34(7)13-14-37-17-36(37)12-11-24(46-31(44)47-29-26(42)25(41)20(40)16-45-29)32(3,4)22(36)9-10-23(37)35(34,8)30(38)43/h18,20-30,40-43H,9-17H2,1-8H3. The van der Waals surface area contributed by atoms with Gasteiger partial charge in [-0.25, -0.2) is 4.79 Å². The summed E-state index contributed by atoms with van der Waals surface area (Å²) in [5.41, 5.74) is -1.81. The van der Waals surface area contributed by atoms with Gasteiger partial charge in [-0.3, -0.25) is 4.79 Å². The first kappa shape index (κ1) is 35.5. The van der Waals surface area contributed by atoms with E-state index in [1.54, 1.807) is 0 Å². The molecule has 8 fully saturated rings. The van der Waals surface area contributed by atoms with Crippen molar-refractivity contribution in [3.63, 3.8) is 0 Å². The summed E-state index contributed by atoms with van der Waals surface area (Å²) in [6.45, 7) is 16.3. The smallest absolute Gasteiger partial charge is 0.457 e. The fourth-order valence-corrected chi connectivity index (χ4v) is 14.4. The van der Waals surface area contributed by atoms with E-state index in [0.29, 0.717) is 12.3 Å². The van der Waals surface area contributed by atoms with Gasteiger partial charge in [0, 0.05) is 23.7 Å². The van der Waals surface area contributed by atoms with Crippen molar-refractivity contribution in [3.8, 4) is 0 Å². The molecule has 2 bridgehead atoms. The van der Waals surface area contributed by atoms with Crippen LogP contribution in [-0.2, 0) is 33.2 Å². The largest absolute Gasteiger partial charge is 0.510 e. The first-order valence-electron chi connectivity index (χ1n) is 19.0. The molecule has 0 amide bonds. The molecule has 5 aliphatic carbocycles. The average Bonchev–Trinajstić information content (AvgIpc) is 3.54. The molecule has 0 aromatic rings. The minimum absolute atomic E-state index is 0.00298. The number of ether oxygens (including phenoxy) is 6. The van der Waals surface area contributed by atoms with Crippen molar-refractivity contribution in [2.45, 2.75) is 167 Å². The molecule has 4 N–H and O–H groups in total. The van der Waals surface area contributed by atoms with Crippen molar-refractivity contribution in [1.29, 1.82) is 0 Å². The summed E-state index contributed by atoms with van der Waals surface area (Å²) in [6.07, 6.45) is -1.33. The molecule has 0 aromatic carbocycles. The molecule has 8 aliphatic rings. The van der Waals surface area contributed by atoms with Gasteiger partial charge in [0.05, 0.1) is 12.7 Å². The van der Waals surface area contributed by atoms with Gasteiger partial charge in [0.25, 0.3) is 0 Å². The monoisotopic (exact) mass is 706 g/mol. The van der Waals surface area contributed by atoms with Crippen LogP contribution in [0.25, 0.3) is 0 Å². The van der Waals surface area contributed by atoms with Gasteiger partial charge >= 0.3 is 12.1 Å². The van der Waals surface area contributed by atoms with Gasteiger partial charge in [-0.1, -0.05) is 34.6 Å². The Morgan fingerprint density at radius 2 is 1.54 bits per heavy atom. The summed E-state index contributed by atoms with van der Waals surface area (Å²) in [7, 11) is 0. The average molecular weight is 707 g/mol. The molecular weight excluding hydrogens is 648 g/mol. The number of esters is 1. The third kappa shape index (κ3) is 4.24. The number of carbonyl (C=O) groups is 2. The Balaban J connectivity index is 1.04. The van der Waals surface area contributed by atoms with Crippen LogP contribution in [0.1, 0.15) is 107 Å². The van der Waals surface area contributed by atoms with E-state index in [0.717, 1.165) is 44.9 Å². The topological polar surface area (TPSA) is 170 Å². The number of fused-ring (bicyclic) bond motifs is 4. The van der Waals surface area contributed by atoms with Crippen LogP contribution in [0.3, 0.4) is 0 Å². The van der Waals surface area contributed by atoms with E-state index in [9.17, 15) is 30.0 Å². The zero-order valence-corrected chi connectivity index (χ0v) is 30.8. The van der Waals surface area contributed by atoms with E-state index >= 15 is 0 Å². The summed E-state index contributed by atoms with van der Waals surface area (Å²) in [4.78, 5) is 25.1. The van der Waals surface area contributed by atoms with E-state index in [4.69, 9.17) is 28.4 Å². The molecule has 12 nitrogen and oxygen atoms in total. The molecule has 17 atom stereocenters. The first-order chi connectivity index (χ1) is 23.2. The molecule has 8 rings (SSSR count). The molecule has 3 heterocycles. The number of hydrogen-bond acceptors (Lipinski definition) is 12. The summed E-state index contributed by atoms with van der Waals surface area (Å²) in [5.74, 6) is -0.703. The fraction of sp³-hybridized carbons (Fsp3) is 0.947. The fourth-order valence-electron chi connectivity index (χ4n) is 14.4. The maximum absolute atomic E-state index is 13.0. The Morgan fingerprint density at radius 1 is 0.860 bits per heavy atom. The highest BCUT2D eigenvalue weighted by molar-refractivity contribution is 5.66. The quantitative estimate of drug-likeness (QED) is 0.312. The van der Waals surface area contributed by atoms with Crippen molar-refractivity contribution in [2.75, 3.05) is 6.61 Å². The number of hydrogen-bond donors (Lipinski definition) is 4. The highest BCUT2D eigenvalue weighted by Crippen LogP contribution is 2.90. The zero-order valence-electron chi connectivity index (χ0n) is 30.8. The lowest BCUT2D eigenvalue weighted by Gasteiger charge is -2.63. The summed E-state index contributed by atoms with van der Waals surface area (Å²) < 4.78 is 36.2. The lowest BCUT2D eigenvalue weighted by atomic mass is 9.41. The second-order valence-corrected chi connectivity index (χ2v) is 19.2. The van der Waals surface area contributed by atoms with Crippen LogP contribution < -0.4 is 0 Å². The van der Waals surface area contributed by atoms with Crippen LogP contribution in [0.4, 0.5) is 4.79 Å².